The van der Waals surface area contributed by atoms with Gasteiger partial charge in [-0.3, -0.25) is 0 Å². The van der Waals surface area contributed by atoms with Crippen molar-refractivity contribution in [2.75, 3.05) is 0 Å². The van der Waals surface area contributed by atoms with E-state index in [9.17, 15) is 0 Å². The lowest BCUT2D eigenvalue weighted by Gasteiger charge is -2.32. The molecule has 1 aromatic carbocycles. The van der Waals surface area contributed by atoms with Crippen LogP contribution in [-0.4, -0.2) is 0 Å². The van der Waals surface area contributed by atoms with E-state index in [0.717, 1.165) is 17.8 Å². The van der Waals surface area contributed by atoms with Crippen molar-refractivity contribution in [3.63, 3.8) is 0 Å². The molecule has 0 heterocycles. The van der Waals surface area contributed by atoms with Crippen molar-refractivity contribution in [1.29, 1.82) is 0 Å². The fourth-order valence-electron chi connectivity index (χ4n) is 3.50. The second-order valence-electron chi connectivity index (χ2n) is 9.71. The molecule has 0 aliphatic heterocycles. The van der Waals surface area contributed by atoms with Crippen LogP contribution in [0.2, 0.25) is 0 Å². The van der Waals surface area contributed by atoms with Crippen LogP contribution >= 0.6 is 0 Å². The third kappa shape index (κ3) is 11.8. The van der Waals surface area contributed by atoms with Crippen LogP contribution in [0.3, 0.4) is 0 Å². The number of hydrogen-bond acceptors (Lipinski definition) is 0. The Kier molecular flexibility index (Phi) is 13.0. The molecule has 0 nitrogen and oxygen atoms in total. The summed E-state index contributed by atoms with van der Waals surface area (Å²) in [5.41, 5.74) is 3.41. The Morgan fingerprint density at radius 1 is 0.731 bits per heavy atom. The molecule has 1 rings (SSSR count). The molecular weight excluding hydrogens is 312 g/mol. The first-order chi connectivity index (χ1) is 12.2. The van der Waals surface area contributed by atoms with Gasteiger partial charge in [-0.25, -0.2) is 0 Å². The van der Waals surface area contributed by atoms with Crippen LogP contribution in [0.1, 0.15) is 106 Å². The van der Waals surface area contributed by atoms with E-state index >= 15 is 0 Å². The minimum atomic E-state index is 0.388. The van der Waals surface area contributed by atoms with Crippen LogP contribution in [0, 0.1) is 23.2 Å². The van der Waals surface area contributed by atoms with E-state index in [0.29, 0.717) is 5.41 Å². The highest BCUT2D eigenvalue weighted by Crippen LogP contribution is 2.34. The molecule has 0 N–H and O–H groups in total. The number of benzene rings is 1. The van der Waals surface area contributed by atoms with Crippen molar-refractivity contribution in [1.82, 2.24) is 0 Å². The lowest BCUT2D eigenvalue weighted by Crippen LogP contribution is -2.24. The van der Waals surface area contributed by atoms with Crippen LogP contribution < -0.4 is 0 Å². The first-order valence-corrected chi connectivity index (χ1v) is 11.3. The maximum atomic E-state index is 2.39. The molecule has 152 valence electrons. The fraction of sp³-hybridized carbons (Fsp3) is 0.769. The lowest BCUT2D eigenvalue weighted by molar-refractivity contribution is 0.203. The molecule has 1 unspecified atom stereocenters. The number of aryl methyl sites for hydroxylation is 1. The van der Waals surface area contributed by atoms with Gasteiger partial charge in [0.2, 0.25) is 0 Å². The maximum absolute atomic E-state index is 2.39. The maximum Gasteiger partial charge on any atom is -0.0245 e. The summed E-state index contributed by atoms with van der Waals surface area (Å²) < 4.78 is 0. The van der Waals surface area contributed by atoms with Gasteiger partial charge in [-0.1, -0.05) is 106 Å². The van der Waals surface area contributed by atoms with Gasteiger partial charge in [0.15, 0.2) is 0 Å². The van der Waals surface area contributed by atoms with Crippen molar-refractivity contribution in [2.45, 2.75) is 107 Å². The Labute approximate surface area is 166 Å². The summed E-state index contributed by atoms with van der Waals surface area (Å²) in [4.78, 5) is 0. The van der Waals surface area contributed by atoms with E-state index in [2.05, 4.69) is 72.7 Å². The molecule has 0 saturated carbocycles. The average molecular weight is 361 g/mol. The van der Waals surface area contributed by atoms with Crippen LogP contribution in [0.15, 0.2) is 24.3 Å². The zero-order chi connectivity index (χ0) is 20.2. The predicted molar refractivity (Wildman–Crippen MR) is 121 cm³/mol. The normalized spacial score (nSPS) is 12.9. The second-order valence-corrected chi connectivity index (χ2v) is 9.71. The molecule has 0 amide bonds. The molecule has 26 heavy (non-hydrogen) atoms. The number of rotatable bonds is 10. The summed E-state index contributed by atoms with van der Waals surface area (Å²) in [6, 6.07) is 9.49. The Hall–Kier alpha value is -0.780. The molecule has 0 spiro atoms. The van der Waals surface area contributed by atoms with Crippen molar-refractivity contribution in [3.05, 3.63) is 35.4 Å². The smallest absolute Gasteiger partial charge is 0.0245 e. The minimum absolute atomic E-state index is 0.388. The summed E-state index contributed by atoms with van der Waals surface area (Å²) in [5, 5.41) is 0. The first-order valence-electron chi connectivity index (χ1n) is 11.3. The standard InChI is InChI=1S/C24H42.C2H6/c1-19(2)11-9-8-10-12-21-13-15-22(16-14-21)18-23(17-20(3)4)24(5,6)7;1-2/h13-16,19-20,23H,8-12,17-18H2,1-7H3;1-2H3. The SMILES string of the molecule is CC.CC(C)CCCCCc1ccc(CC(CC(C)C)C(C)(C)C)cc1. The molecule has 1 aromatic rings. The van der Waals surface area contributed by atoms with Gasteiger partial charge < -0.3 is 0 Å². The van der Waals surface area contributed by atoms with E-state index < -0.39 is 0 Å². The van der Waals surface area contributed by atoms with Gasteiger partial charge >= 0.3 is 0 Å². The molecule has 0 aliphatic rings. The van der Waals surface area contributed by atoms with E-state index in [1.807, 2.05) is 13.8 Å². The summed E-state index contributed by atoms with van der Waals surface area (Å²) >= 11 is 0. The van der Waals surface area contributed by atoms with Gasteiger partial charge in [-0.2, -0.15) is 0 Å². The van der Waals surface area contributed by atoms with Gasteiger partial charge in [-0.05, 0) is 60.0 Å². The molecule has 1 atom stereocenters. The van der Waals surface area contributed by atoms with Crippen LogP contribution in [0.4, 0.5) is 0 Å². The first kappa shape index (κ1) is 25.2. The summed E-state index contributed by atoms with van der Waals surface area (Å²) in [5.74, 6) is 2.39. The van der Waals surface area contributed by atoms with E-state index in [4.69, 9.17) is 0 Å². The molecule has 0 fully saturated rings. The molecule has 0 aliphatic carbocycles. The summed E-state index contributed by atoms with van der Waals surface area (Å²) in [6.45, 7) is 20.5. The molecular formula is C26H48. The van der Waals surface area contributed by atoms with E-state index in [1.165, 1.54) is 56.1 Å². The van der Waals surface area contributed by atoms with Crippen LogP contribution in [0.25, 0.3) is 0 Å². The summed E-state index contributed by atoms with van der Waals surface area (Å²) in [6.07, 6.45) is 9.26. The third-order valence-electron chi connectivity index (χ3n) is 5.23. The molecule has 0 heteroatoms. The third-order valence-corrected chi connectivity index (χ3v) is 5.23. The Morgan fingerprint density at radius 2 is 1.27 bits per heavy atom. The predicted octanol–water partition coefficient (Wildman–Crippen LogP) is 8.72. The monoisotopic (exact) mass is 360 g/mol. The Bertz CT molecular complexity index is 430. The van der Waals surface area contributed by atoms with Crippen molar-refractivity contribution in [2.24, 2.45) is 23.2 Å². The zero-order valence-electron chi connectivity index (χ0n) is 19.5. The van der Waals surface area contributed by atoms with Gasteiger partial charge in [0.05, 0.1) is 0 Å². The lowest BCUT2D eigenvalue weighted by atomic mass is 9.73. The van der Waals surface area contributed by atoms with Gasteiger partial charge in [0.25, 0.3) is 0 Å². The Balaban J connectivity index is 0.00000301. The highest BCUT2D eigenvalue weighted by Gasteiger charge is 2.25. The summed E-state index contributed by atoms with van der Waals surface area (Å²) in [7, 11) is 0. The second kappa shape index (κ2) is 13.4. The largest absolute Gasteiger partial charge is 0.0683 e. The molecule has 0 saturated heterocycles. The molecule has 0 radical (unpaired) electrons. The highest BCUT2D eigenvalue weighted by atomic mass is 14.3. The van der Waals surface area contributed by atoms with Crippen molar-refractivity contribution >= 4 is 0 Å². The van der Waals surface area contributed by atoms with Crippen molar-refractivity contribution in [3.8, 4) is 0 Å². The quantitative estimate of drug-likeness (QED) is 0.366. The number of unbranched alkanes of at least 4 members (excludes halogenated alkanes) is 2. The number of hydrogen-bond donors (Lipinski definition) is 0. The van der Waals surface area contributed by atoms with Gasteiger partial charge in [0, 0.05) is 0 Å². The molecule has 0 aromatic heterocycles. The van der Waals surface area contributed by atoms with E-state index in [1.54, 1.807) is 0 Å². The Morgan fingerprint density at radius 3 is 1.73 bits per heavy atom. The van der Waals surface area contributed by atoms with Crippen LogP contribution in [0.5, 0.6) is 0 Å². The zero-order valence-corrected chi connectivity index (χ0v) is 19.5. The molecule has 0 bridgehead atoms. The minimum Gasteiger partial charge on any atom is -0.0683 e. The van der Waals surface area contributed by atoms with Gasteiger partial charge in [-0.15, -0.1) is 0 Å². The van der Waals surface area contributed by atoms with Gasteiger partial charge in [0.1, 0.15) is 0 Å². The highest BCUT2D eigenvalue weighted by molar-refractivity contribution is 5.23. The van der Waals surface area contributed by atoms with E-state index in [-0.39, 0.29) is 0 Å². The average Bonchev–Trinajstić information content (AvgIpc) is 2.56. The van der Waals surface area contributed by atoms with Crippen molar-refractivity contribution < 1.29 is 0 Å². The fourth-order valence-corrected chi connectivity index (χ4v) is 3.50. The van der Waals surface area contributed by atoms with Crippen LogP contribution in [-0.2, 0) is 12.8 Å². The topological polar surface area (TPSA) is 0 Å².